The summed E-state index contributed by atoms with van der Waals surface area (Å²) in [6.45, 7) is 0. The Kier molecular flexibility index (Phi) is 4.72. The maximum absolute atomic E-state index is 12.7. The molecule has 0 atom stereocenters. The third kappa shape index (κ3) is 3.79. The van der Waals surface area contributed by atoms with Gasteiger partial charge in [-0.05, 0) is 42.5 Å². The zero-order valence-corrected chi connectivity index (χ0v) is 14.0. The van der Waals surface area contributed by atoms with Gasteiger partial charge in [0.2, 0.25) is 0 Å². The monoisotopic (exact) mass is 366 g/mol. The van der Waals surface area contributed by atoms with Gasteiger partial charge in [0.25, 0.3) is 0 Å². The third-order valence-corrected chi connectivity index (χ3v) is 4.02. The van der Waals surface area contributed by atoms with Gasteiger partial charge in [0.15, 0.2) is 0 Å². The molecule has 0 unspecified atom stereocenters. The Morgan fingerprint density at radius 1 is 1.12 bits per heavy atom. The molecular weight excluding hydrogens is 353 g/mol. The molecule has 0 saturated heterocycles. The fourth-order valence-corrected chi connectivity index (χ4v) is 2.76. The molecule has 25 heavy (non-hydrogen) atoms. The van der Waals surface area contributed by atoms with Gasteiger partial charge in [0, 0.05) is 35.1 Å². The van der Waals surface area contributed by atoms with E-state index < -0.39 is 11.7 Å². The lowest BCUT2D eigenvalue weighted by atomic mass is 10.1. The van der Waals surface area contributed by atoms with Crippen LogP contribution in [0.25, 0.3) is 5.69 Å². The van der Waals surface area contributed by atoms with E-state index in [0.717, 1.165) is 17.7 Å². The van der Waals surface area contributed by atoms with Crippen LogP contribution in [0.1, 0.15) is 17.0 Å². The molecule has 2 aromatic carbocycles. The second-order valence-electron chi connectivity index (χ2n) is 5.39. The van der Waals surface area contributed by atoms with Crippen LogP contribution in [0.4, 0.5) is 13.2 Å². The molecule has 130 valence electrons. The van der Waals surface area contributed by atoms with Gasteiger partial charge in [-0.15, -0.1) is 0 Å². The molecule has 0 radical (unpaired) electrons. The summed E-state index contributed by atoms with van der Waals surface area (Å²) < 4.78 is 45.2. The van der Waals surface area contributed by atoms with Crippen molar-refractivity contribution in [3.63, 3.8) is 0 Å². The van der Waals surface area contributed by atoms with E-state index in [-0.39, 0.29) is 0 Å². The van der Waals surface area contributed by atoms with Crippen LogP contribution in [-0.2, 0) is 12.6 Å². The third-order valence-electron chi connectivity index (χ3n) is 3.78. The van der Waals surface area contributed by atoms with Crippen molar-refractivity contribution in [1.29, 1.82) is 0 Å². The summed E-state index contributed by atoms with van der Waals surface area (Å²) in [5.41, 5.74) is 0.755. The van der Waals surface area contributed by atoms with E-state index in [0.29, 0.717) is 28.7 Å². The number of nitrogens with zero attached hydrogens (tertiary/aromatic N) is 2. The zero-order chi connectivity index (χ0) is 18.0. The minimum atomic E-state index is -4.36. The molecule has 0 bridgehead atoms. The molecule has 3 nitrogen and oxygen atoms in total. The molecule has 3 rings (SSSR count). The quantitative estimate of drug-likeness (QED) is 0.639. The zero-order valence-electron chi connectivity index (χ0n) is 13.2. The number of imidazole rings is 1. The second-order valence-corrected chi connectivity index (χ2v) is 5.83. The number of methoxy groups -OCH3 is 1. The maximum atomic E-state index is 12.7. The first kappa shape index (κ1) is 17.4. The predicted octanol–water partition coefficient (Wildman–Crippen LogP) is 5.14. The minimum absolute atomic E-state index is 0.428. The second kappa shape index (κ2) is 6.80. The van der Waals surface area contributed by atoms with Gasteiger partial charge in [-0.25, -0.2) is 4.98 Å². The van der Waals surface area contributed by atoms with Crippen LogP contribution in [0.15, 0.2) is 54.9 Å². The van der Waals surface area contributed by atoms with E-state index in [9.17, 15) is 13.2 Å². The van der Waals surface area contributed by atoms with Gasteiger partial charge in [0.05, 0.1) is 12.7 Å². The highest BCUT2D eigenvalue weighted by atomic mass is 35.5. The molecular formula is C18H14ClF3N2O. The number of benzene rings is 2. The molecule has 0 amide bonds. The number of aromatic nitrogens is 2. The standard InChI is InChI=1S/C18H14ClF3N2O/c1-25-16-7-4-14(19)10-12(16)11-17-23-8-9-24(17)15-5-2-13(3-6-15)18(20,21)22/h2-10H,11H2,1H3. The summed E-state index contributed by atoms with van der Waals surface area (Å²) in [7, 11) is 1.56. The van der Waals surface area contributed by atoms with Crippen molar-refractivity contribution in [2.24, 2.45) is 0 Å². The van der Waals surface area contributed by atoms with Crippen molar-refractivity contribution >= 4 is 11.6 Å². The smallest absolute Gasteiger partial charge is 0.416 e. The average molecular weight is 367 g/mol. The van der Waals surface area contributed by atoms with Gasteiger partial charge >= 0.3 is 6.18 Å². The summed E-state index contributed by atoms with van der Waals surface area (Å²) in [6.07, 6.45) is -0.624. The number of hydrogen-bond donors (Lipinski definition) is 0. The molecule has 1 heterocycles. The van der Waals surface area contributed by atoms with Crippen LogP contribution in [0.5, 0.6) is 5.75 Å². The van der Waals surface area contributed by atoms with E-state index in [2.05, 4.69) is 4.98 Å². The van der Waals surface area contributed by atoms with Gasteiger partial charge in [-0.1, -0.05) is 11.6 Å². The topological polar surface area (TPSA) is 27.1 Å². The summed E-state index contributed by atoms with van der Waals surface area (Å²) >= 11 is 6.04. The molecule has 0 aliphatic rings. The molecule has 0 fully saturated rings. The molecule has 7 heteroatoms. The lowest BCUT2D eigenvalue weighted by Crippen LogP contribution is -2.06. The molecule has 0 aliphatic heterocycles. The Morgan fingerprint density at radius 3 is 2.48 bits per heavy atom. The fraction of sp³-hybridized carbons (Fsp3) is 0.167. The number of ether oxygens (including phenoxy) is 1. The molecule has 0 N–H and O–H groups in total. The first-order valence-corrected chi connectivity index (χ1v) is 7.78. The first-order valence-electron chi connectivity index (χ1n) is 7.41. The van der Waals surface area contributed by atoms with Crippen molar-refractivity contribution in [2.45, 2.75) is 12.6 Å². The van der Waals surface area contributed by atoms with E-state index in [1.165, 1.54) is 12.1 Å². The highest BCUT2D eigenvalue weighted by molar-refractivity contribution is 6.30. The van der Waals surface area contributed by atoms with Crippen LogP contribution in [0.2, 0.25) is 5.02 Å². The highest BCUT2D eigenvalue weighted by Crippen LogP contribution is 2.30. The maximum Gasteiger partial charge on any atom is 0.416 e. The molecule has 0 aliphatic carbocycles. The SMILES string of the molecule is COc1ccc(Cl)cc1Cc1nccn1-c1ccc(C(F)(F)F)cc1. The number of hydrogen-bond acceptors (Lipinski definition) is 2. The van der Waals surface area contributed by atoms with Crippen molar-refractivity contribution in [3.8, 4) is 11.4 Å². The molecule has 3 aromatic rings. The van der Waals surface area contributed by atoms with Crippen LogP contribution in [-0.4, -0.2) is 16.7 Å². The predicted molar refractivity (Wildman–Crippen MR) is 89.4 cm³/mol. The van der Waals surface area contributed by atoms with Gasteiger partial charge in [0.1, 0.15) is 11.6 Å². The number of alkyl halides is 3. The van der Waals surface area contributed by atoms with Gasteiger partial charge in [-0.3, -0.25) is 0 Å². The Bertz CT molecular complexity index is 873. The summed E-state index contributed by atoms with van der Waals surface area (Å²) in [6, 6.07) is 10.2. The van der Waals surface area contributed by atoms with E-state index in [4.69, 9.17) is 16.3 Å². The van der Waals surface area contributed by atoms with Crippen LogP contribution in [0, 0.1) is 0 Å². The van der Waals surface area contributed by atoms with Crippen molar-refractivity contribution < 1.29 is 17.9 Å². The fourth-order valence-electron chi connectivity index (χ4n) is 2.57. The molecule has 0 saturated carbocycles. The van der Waals surface area contributed by atoms with Crippen LogP contribution < -0.4 is 4.74 Å². The number of halogens is 4. The van der Waals surface area contributed by atoms with E-state index >= 15 is 0 Å². The first-order chi connectivity index (χ1) is 11.9. The van der Waals surface area contributed by atoms with Gasteiger partial charge < -0.3 is 9.30 Å². The van der Waals surface area contributed by atoms with E-state index in [1.807, 2.05) is 0 Å². The summed E-state index contributed by atoms with van der Waals surface area (Å²) in [4.78, 5) is 4.31. The summed E-state index contributed by atoms with van der Waals surface area (Å²) in [5, 5.41) is 0.573. The Balaban J connectivity index is 1.92. The Morgan fingerprint density at radius 2 is 1.84 bits per heavy atom. The lowest BCUT2D eigenvalue weighted by Gasteiger charge is -2.12. The number of rotatable bonds is 4. The average Bonchev–Trinajstić information content (AvgIpc) is 3.02. The van der Waals surface area contributed by atoms with Crippen molar-refractivity contribution in [2.75, 3.05) is 7.11 Å². The van der Waals surface area contributed by atoms with E-state index in [1.54, 1.807) is 42.3 Å². The largest absolute Gasteiger partial charge is 0.496 e. The highest BCUT2D eigenvalue weighted by Gasteiger charge is 2.30. The Hall–Kier alpha value is -2.47. The van der Waals surface area contributed by atoms with Crippen LogP contribution in [0.3, 0.4) is 0 Å². The Labute approximate surface area is 147 Å². The molecule has 1 aromatic heterocycles. The lowest BCUT2D eigenvalue weighted by molar-refractivity contribution is -0.137. The summed E-state index contributed by atoms with van der Waals surface area (Å²) in [5.74, 6) is 1.34. The minimum Gasteiger partial charge on any atom is -0.496 e. The van der Waals surface area contributed by atoms with Gasteiger partial charge in [-0.2, -0.15) is 13.2 Å². The van der Waals surface area contributed by atoms with Crippen molar-refractivity contribution in [3.05, 3.63) is 76.8 Å². The van der Waals surface area contributed by atoms with Crippen LogP contribution >= 0.6 is 11.6 Å². The normalized spacial score (nSPS) is 11.6. The van der Waals surface area contributed by atoms with Crippen molar-refractivity contribution in [1.82, 2.24) is 9.55 Å². The molecule has 0 spiro atoms.